The summed E-state index contributed by atoms with van der Waals surface area (Å²) in [5.41, 5.74) is 10.6. The summed E-state index contributed by atoms with van der Waals surface area (Å²) < 4.78 is 0. The van der Waals surface area contributed by atoms with Crippen LogP contribution in [0.1, 0.15) is 60.8 Å². The zero-order valence-corrected chi connectivity index (χ0v) is 20.0. The zero-order chi connectivity index (χ0) is 23.0. The van der Waals surface area contributed by atoms with E-state index in [2.05, 4.69) is 70.6 Å². The second-order valence-corrected chi connectivity index (χ2v) is 9.46. The summed E-state index contributed by atoms with van der Waals surface area (Å²) in [5.74, 6) is 0. The molecule has 0 amide bonds. The van der Waals surface area contributed by atoms with E-state index in [4.69, 9.17) is 0 Å². The van der Waals surface area contributed by atoms with Crippen LogP contribution in [0.5, 0.6) is 0 Å². The summed E-state index contributed by atoms with van der Waals surface area (Å²) >= 11 is 0. The van der Waals surface area contributed by atoms with Crippen molar-refractivity contribution < 1.29 is 0 Å². The van der Waals surface area contributed by atoms with Crippen molar-refractivity contribution in [3.8, 4) is 22.5 Å². The minimum atomic E-state index is 1.06. The van der Waals surface area contributed by atoms with Crippen LogP contribution < -0.4 is 0 Å². The fourth-order valence-electron chi connectivity index (χ4n) is 5.31. The van der Waals surface area contributed by atoms with Gasteiger partial charge in [-0.25, -0.2) is 0 Å². The lowest BCUT2D eigenvalue weighted by Gasteiger charge is -2.19. The van der Waals surface area contributed by atoms with E-state index in [0.29, 0.717) is 0 Å². The molecule has 3 aliphatic rings. The molecule has 1 saturated carbocycles. The molecule has 2 heterocycles. The summed E-state index contributed by atoms with van der Waals surface area (Å²) in [6, 6.07) is 25.7. The summed E-state index contributed by atoms with van der Waals surface area (Å²) in [6.07, 6.45) is 17.2. The highest BCUT2D eigenvalue weighted by Crippen LogP contribution is 2.32. The summed E-state index contributed by atoms with van der Waals surface area (Å²) in [6.45, 7) is 0. The van der Waals surface area contributed by atoms with Crippen molar-refractivity contribution in [1.29, 1.82) is 0 Å². The number of aryl methyl sites for hydroxylation is 4. The highest BCUT2D eigenvalue weighted by atomic mass is 14.8. The van der Waals surface area contributed by atoms with Crippen molar-refractivity contribution in [3.63, 3.8) is 0 Å². The van der Waals surface area contributed by atoms with E-state index in [-0.39, 0.29) is 0 Å². The van der Waals surface area contributed by atoms with Gasteiger partial charge in [0.2, 0.25) is 0 Å². The van der Waals surface area contributed by atoms with Crippen molar-refractivity contribution in [3.05, 3.63) is 107 Å². The topological polar surface area (TPSA) is 25.8 Å². The SMILES string of the molecule is C1CCCCC1.c1ccc2c(c1)CCc1ccccc1-2.c1cnc2c(c1)CCc1cccnc1-2. The molecule has 34 heavy (non-hydrogen) atoms. The normalized spacial score (nSPS) is 15.1. The molecule has 2 heteroatoms. The average molecular weight is 447 g/mol. The summed E-state index contributed by atoms with van der Waals surface area (Å²) in [7, 11) is 0. The first kappa shape index (κ1) is 22.5. The van der Waals surface area contributed by atoms with Gasteiger partial charge >= 0.3 is 0 Å². The largest absolute Gasteiger partial charge is 0.254 e. The molecule has 7 rings (SSSR count). The van der Waals surface area contributed by atoms with Crippen molar-refractivity contribution in [2.24, 2.45) is 0 Å². The number of benzene rings is 2. The highest BCUT2D eigenvalue weighted by Gasteiger charge is 2.17. The molecule has 0 bridgehead atoms. The molecule has 2 nitrogen and oxygen atoms in total. The lowest BCUT2D eigenvalue weighted by atomic mass is 9.86. The molecule has 2 aromatic carbocycles. The maximum Gasteiger partial charge on any atom is 0.0920 e. The fourth-order valence-corrected chi connectivity index (χ4v) is 5.31. The third-order valence-corrected chi connectivity index (χ3v) is 7.16. The first-order valence-corrected chi connectivity index (χ1v) is 12.9. The van der Waals surface area contributed by atoms with Gasteiger partial charge < -0.3 is 0 Å². The van der Waals surface area contributed by atoms with Gasteiger partial charge in [0.15, 0.2) is 0 Å². The lowest BCUT2D eigenvalue weighted by molar-refractivity contribution is 0.504. The number of hydrogen-bond acceptors (Lipinski definition) is 2. The number of fused-ring (bicyclic) bond motifs is 6. The Morgan fingerprint density at radius 3 is 1.18 bits per heavy atom. The van der Waals surface area contributed by atoms with Crippen molar-refractivity contribution >= 4 is 0 Å². The predicted molar refractivity (Wildman–Crippen MR) is 142 cm³/mol. The van der Waals surface area contributed by atoms with E-state index in [1.54, 1.807) is 0 Å². The second-order valence-electron chi connectivity index (χ2n) is 9.46. The molecule has 0 N–H and O–H groups in total. The molecule has 0 radical (unpaired) electrons. The smallest absolute Gasteiger partial charge is 0.0920 e. The van der Waals surface area contributed by atoms with Crippen LogP contribution >= 0.6 is 0 Å². The van der Waals surface area contributed by atoms with Crippen LogP contribution in [-0.4, -0.2) is 9.97 Å². The third kappa shape index (κ3) is 5.28. The van der Waals surface area contributed by atoms with E-state index in [0.717, 1.165) is 24.2 Å². The van der Waals surface area contributed by atoms with Crippen molar-refractivity contribution in [2.75, 3.05) is 0 Å². The minimum Gasteiger partial charge on any atom is -0.254 e. The highest BCUT2D eigenvalue weighted by molar-refractivity contribution is 5.72. The first-order valence-electron chi connectivity index (χ1n) is 12.9. The van der Waals surface area contributed by atoms with Gasteiger partial charge in [0.1, 0.15) is 0 Å². The van der Waals surface area contributed by atoms with Crippen LogP contribution in [0.3, 0.4) is 0 Å². The number of pyridine rings is 2. The van der Waals surface area contributed by atoms with E-state index >= 15 is 0 Å². The van der Waals surface area contributed by atoms with E-state index in [1.807, 2.05) is 24.5 Å². The molecule has 2 aromatic heterocycles. The van der Waals surface area contributed by atoms with Crippen LogP contribution in [0.25, 0.3) is 22.5 Å². The van der Waals surface area contributed by atoms with Gasteiger partial charge in [-0.2, -0.15) is 0 Å². The summed E-state index contributed by atoms with van der Waals surface area (Å²) in [4.78, 5) is 8.80. The monoisotopic (exact) mass is 446 g/mol. The Kier molecular flexibility index (Phi) is 7.45. The van der Waals surface area contributed by atoms with Crippen LogP contribution in [0.4, 0.5) is 0 Å². The fraction of sp³-hybridized carbons (Fsp3) is 0.312. The zero-order valence-electron chi connectivity index (χ0n) is 20.0. The Morgan fingerprint density at radius 1 is 0.382 bits per heavy atom. The standard InChI is InChI=1S/C14H12.C12H10N2.C6H12/c1-3-7-13-11(5-1)9-10-12-6-2-4-8-14(12)13;1-3-9-5-6-10-4-2-8-14-12(10)11(9)13-7-1;1-2-4-6-5-3-1/h1-8H,9-10H2;1-4,7-8H,5-6H2;1-6H2. The molecule has 1 fully saturated rings. The van der Waals surface area contributed by atoms with Crippen molar-refractivity contribution in [2.45, 2.75) is 64.2 Å². The lowest BCUT2D eigenvalue weighted by Crippen LogP contribution is -2.06. The van der Waals surface area contributed by atoms with Crippen LogP contribution in [0.2, 0.25) is 0 Å². The Morgan fingerprint density at radius 2 is 0.735 bits per heavy atom. The Hall–Kier alpha value is -3.26. The molecule has 0 saturated heterocycles. The van der Waals surface area contributed by atoms with Crippen molar-refractivity contribution in [1.82, 2.24) is 9.97 Å². The molecule has 3 aliphatic carbocycles. The van der Waals surface area contributed by atoms with E-state index < -0.39 is 0 Å². The molecular formula is C32H34N2. The van der Waals surface area contributed by atoms with E-state index in [9.17, 15) is 0 Å². The molecule has 4 aromatic rings. The first-order chi connectivity index (χ1) is 16.9. The quantitative estimate of drug-likeness (QED) is 0.273. The van der Waals surface area contributed by atoms with Gasteiger partial charge in [-0.05, 0) is 71.2 Å². The number of hydrogen-bond donors (Lipinski definition) is 0. The Labute approximate surface area is 204 Å². The van der Waals surface area contributed by atoms with Gasteiger partial charge in [0.05, 0.1) is 11.4 Å². The molecule has 0 spiro atoms. The Bertz CT molecular complexity index is 1030. The third-order valence-electron chi connectivity index (χ3n) is 7.16. The maximum absolute atomic E-state index is 4.40. The van der Waals surface area contributed by atoms with Crippen LogP contribution in [0.15, 0.2) is 85.2 Å². The van der Waals surface area contributed by atoms with Crippen LogP contribution in [-0.2, 0) is 25.7 Å². The number of nitrogens with zero attached hydrogens (tertiary/aromatic N) is 2. The van der Waals surface area contributed by atoms with Gasteiger partial charge in [0, 0.05) is 12.4 Å². The average Bonchev–Trinajstić information content (AvgIpc) is 2.94. The second kappa shape index (κ2) is 11.2. The van der Waals surface area contributed by atoms with Crippen LogP contribution in [0, 0.1) is 0 Å². The molecule has 0 unspecified atom stereocenters. The molecular weight excluding hydrogens is 412 g/mol. The number of rotatable bonds is 0. The van der Waals surface area contributed by atoms with Gasteiger partial charge in [-0.3, -0.25) is 9.97 Å². The maximum atomic E-state index is 4.40. The van der Waals surface area contributed by atoms with Gasteiger partial charge in [-0.15, -0.1) is 0 Å². The van der Waals surface area contributed by atoms with E-state index in [1.165, 1.54) is 84.7 Å². The minimum absolute atomic E-state index is 1.06. The molecule has 0 aliphatic heterocycles. The number of aromatic nitrogens is 2. The van der Waals surface area contributed by atoms with Gasteiger partial charge in [-0.1, -0.05) is 99.2 Å². The molecule has 172 valence electrons. The summed E-state index contributed by atoms with van der Waals surface area (Å²) in [5, 5.41) is 0. The Balaban J connectivity index is 0.000000115. The van der Waals surface area contributed by atoms with Gasteiger partial charge in [0.25, 0.3) is 0 Å². The molecule has 0 atom stereocenters. The predicted octanol–water partition coefficient (Wildman–Crippen LogP) is 8.04.